The number of methoxy groups -OCH3 is 1. The van der Waals surface area contributed by atoms with E-state index in [0.717, 1.165) is 18.4 Å². The minimum Gasteiger partial charge on any atom is -0.394 e. The Morgan fingerprint density at radius 3 is 2.46 bits per heavy atom. The van der Waals surface area contributed by atoms with E-state index in [1.807, 2.05) is 35.2 Å². The third kappa shape index (κ3) is 3.76. The quantitative estimate of drug-likeness (QED) is 0.757. The number of nitrogens with zero attached hydrogens (tertiary/aromatic N) is 2. The summed E-state index contributed by atoms with van der Waals surface area (Å²) in [7, 11) is 1.61. The first-order valence-electron chi connectivity index (χ1n) is 9.31. The number of aliphatic hydroxyl groups excluding tert-OH is 1. The molecule has 0 spiro atoms. The van der Waals surface area contributed by atoms with Gasteiger partial charge in [-0.15, -0.1) is 0 Å². The van der Waals surface area contributed by atoms with Crippen molar-refractivity contribution < 1.29 is 19.4 Å². The number of hydrogen-bond donors (Lipinski definition) is 1. The van der Waals surface area contributed by atoms with Crippen molar-refractivity contribution in [2.75, 3.05) is 33.4 Å². The lowest BCUT2D eigenvalue weighted by atomic mass is 9.74. The number of aliphatic hydroxyl groups is 1. The summed E-state index contributed by atoms with van der Waals surface area (Å²) in [6.45, 7) is 2.91. The molecule has 0 radical (unpaired) electrons. The predicted octanol–water partition coefficient (Wildman–Crippen LogP) is 1.25. The van der Waals surface area contributed by atoms with Gasteiger partial charge in [-0.3, -0.25) is 9.59 Å². The highest BCUT2D eigenvalue weighted by molar-refractivity contribution is 5.83. The Balaban J connectivity index is 1.84. The number of benzene rings is 1. The zero-order valence-electron chi connectivity index (χ0n) is 15.5. The van der Waals surface area contributed by atoms with Crippen molar-refractivity contribution >= 4 is 11.8 Å². The Hall–Kier alpha value is -1.92. The maximum absolute atomic E-state index is 12.8. The molecule has 142 valence electrons. The maximum Gasteiger partial charge on any atom is 0.226 e. The van der Waals surface area contributed by atoms with Gasteiger partial charge in [0.2, 0.25) is 11.8 Å². The number of rotatable bonds is 8. The van der Waals surface area contributed by atoms with Gasteiger partial charge in [-0.1, -0.05) is 30.3 Å². The monoisotopic (exact) mass is 360 g/mol. The van der Waals surface area contributed by atoms with Crippen LogP contribution in [0.25, 0.3) is 0 Å². The molecule has 1 aliphatic heterocycles. The van der Waals surface area contributed by atoms with Crippen molar-refractivity contribution in [2.45, 2.75) is 37.8 Å². The van der Waals surface area contributed by atoms with Crippen LogP contribution in [-0.2, 0) is 14.3 Å². The van der Waals surface area contributed by atoms with Crippen LogP contribution in [0.4, 0.5) is 0 Å². The van der Waals surface area contributed by atoms with E-state index in [1.54, 1.807) is 18.9 Å². The highest BCUT2D eigenvalue weighted by atomic mass is 16.5. The average molecular weight is 360 g/mol. The van der Waals surface area contributed by atoms with Crippen molar-refractivity contribution in [3.8, 4) is 0 Å². The van der Waals surface area contributed by atoms with E-state index in [4.69, 9.17) is 4.74 Å². The number of amides is 2. The lowest BCUT2D eigenvalue weighted by Gasteiger charge is -2.56. The minimum atomic E-state index is -0.216. The van der Waals surface area contributed by atoms with E-state index in [2.05, 4.69) is 0 Å². The summed E-state index contributed by atoms with van der Waals surface area (Å²) in [5.74, 6) is 0.220. The predicted molar refractivity (Wildman–Crippen MR) is 97.5 cm³/mol. The molecule has 6 heteroatoms. The molecule has 1 aromatic rings. The Labute approximate surface area is 154 Å². The normalized spacial score (nSPS) is 24.9. The van der Waals surface area contributed by atoms with Gasteiger partial charge in [-0.2, -0.15) is 0 Å². The molecule has 1 saturated heterocycles. The first-order chi connectivity index (χ1) is 12.6. The van der Waals surface area contributed by atoms with Crippen LogP contribution in [0, 0.1) is 5.92 Å². The Morgan fingerprint density at radius 2 is 1.92 bits per heavy atom. The van der Waals surface area contributed by atoms with E-state index in [1.165, 1.54) is 0 Å². The fourth-order valence-corrected chi connectivity index (χ4v) is 3.94. The molecule has 1 N–H and O–H groups in total. The number of ether oxygens (including phenoxy) is 1. The van der Waals surface area contributed by atoms with Gasteiger partial charge in [-0.05, 0) is 18.4 Å². The molecule has 1 heterocycles. The molecule has 1 aromatic carbocycles. The first kappa shape index (κ1) is 18.9. The van der Waals surface area contributed by atoms with Crippen LogP contribution in [-0.4, -0.2) is 72.2 Å². The zero-order chi connectivity index (χ0) is 18.7. The lowest BCUT2D eigenvalue weighted by molar-refractivity contribution is -0.156. The van der Waals surface area contributed by atoms with E-state index < -0.39 is 0 Å². The Morgan fingerprint density at radius 1 is 1.23 bits per heavy atom. The van der Waals surface area contributed by atoms with Gasteiger partial charge in [0.1, 0.15) is 0 Å². The van der Waals surface area contributed by atoms with Crippen LogP contribution >= 0.6 is 0 Å². The van der Waals surface area contributed by atoms with E-state index >= 15 is 0 Å². The largest absolute Gasteiger partial charge is 0.394 e. The Kier molecular flexibility index (Phi) is 5.94. The van der Waals surface area contributed by atoms with Crippen molar-refractivity contribution in [3.05, 3.63) is 35.9 Å². The molecule has 3 atom stereocenters. The van der Waals surface area contributed by atoms with Crippen molar-refractivity contribution in [3.63, 3.8) is 0 Å². The van der Waals surface area contributed by atoms with Gasteiger partial charge in [0, 0.05) is 39.0 Å². The third-order valence-corrected chi connectivity index (χ3v) is 5.51. The third-order valence-electron chi connectivity index (χ3n) is 5.51. The molecular weight excluding hydrogens is 332 g/mol. The molecule has 0 bridgehead atoms. The van der Waals surface area contributed by atoms with Gasteiger partial charge in [-0.25, -0.2) is 0 Å². The van der Waals surface area contributed by atoms with Crippen LogP contribution < -0.4 is 0 Å². The van der Waals surface area contributed by atoms with Crippen molar-refractivity contribution in [2.24, 2.45) is 5.92 Å². The molecule has 26 heavy (non-hydrogen) atoms. The van der Waals surface area contributed by atoms with Crippen LogP contribution in [0.5, 0.6) is 0 Å². The van der Waals surface area contributed by atoms with Crippen molar-refractivity contribution in [1.82, 2.24) is 9.80 Å². The fraction of sp³-hybridized carbons (Fsp3) is 0.600. The second-order valence-corrected chi connectivity index (χ2v) is 7.23. The van der Waals surface area contributed by atoms with Gasteiger partial charge >= 0.3 is 0 Å². The SMILES string of the molecule is COCCN(C[C@H]1[C@H](c2ccccc2)[C@@H](CO)N1C(=O)C1CC1)C(C)=O. The van der Waals surface area contributed by atoms with Gasteiger partial charge in [0.05, 0.1) is 25.3 Å². The molecule has 2 aliphatic rings. The molecular formula is C20H28N2O4. The Bertz CT molecular complexity index is 632. The average Bonchev–Trinajstić information content (AvgIpc) is 3.46. The molecule has 2 fully saturated rings. The van der Waals surface area contributed by atoms with E-state index in [9.17, 15) is 14.7 Å². The second-order valence-electron chi connectivity index (χ2n) is 7.23. The van der Waals surface area contributed by atoms with Gasteiger partial charge in [0.15, 0.2) is 0 Å². The highest BCUT2D eigenvalue weighted by Crippen LogP contribution is 2.44. The van der Waals surface area contributed by atoms with Crippen LogP contribution in [0.15, 0.2) is 30.3 Å². The lowest BCUT2D eigenvalue weighted by Crippen LogP contribution is -2.69. The molecule has 3 rings (SSSR count). The molecule has 2 amide bonds. The minimum absolute atomic E-state index is 0.0277. The second kappa shape index (κ2) is 8.18. The van der Waals surface area contributed by atoms with Crippen LogP contribution in [0.1, 0.15) is 31.2 Å². The number of likely N-dealkylation sites (tertiary alicyclic amines) is 1. The van der Waals surface area contributed by atoms with Crippen LogP contribution in [0.3, 0.4) is 0 Å². The first-order valence-corrected chi connectivity index (χ1v) is 9.31. The smallest absolute Gasteiger partial charge is 0.226 e. The standard InChI is InChI=1S/C20H28N2O4/c1-14(24)21(10-11-26-2)12-17-19(15-6-4-3-5-7-15)18(13-23)22(17)20(25)16-8-9-16/h3-7,16-19,23H,8-13H2,1-2H3/t17-,18+,19-/m0/s1. The summed E-state index contributed by atoms with van der Waals surface area (Å²) in [4.78, 5) is 28.4. The maximum atomic E-state index is 12.8. The summed E-state index contributed by atoms with van der Waals surface area (Å²) in [6.07, 6.45) is 1.85. The van der Waals surface area contributed by atoms with E-state index in [0.29, 0.717) is 19.7 Å². The van der Waals surface area contributed by atoms with E-state index in [-0.39, 0.29) is 42.3 Å². The summed E-state index contributed by atoms with van der Waals surface area (Å²) in [6, 6.07) is 9.65. The number of carbonyl (C=O) groups excluding carboxylic acids is 2. The van der Waals surface area contributed by atoms with Gasteiger partial charge < -0.3 is 19.6 Å². The summed E-state index contributed by atoms with van der Waals surface area (Å²) >= 11 is 0. The molecule has 6 nitrogen and oxygen atoms in total. The summed E-state index contributed by atoms with van der Waals surface area (Å²) in [5.41, 5.74) is 1.10. The summed E-state index contributed by atoms with van der Waals surface area (Å²) in [5, 5.41) is 9.95. The molecule has 0 unspecified atom stereocenters. The number of hydrogen-bond acceptors (Lipinski definition) is 4. The van der Waals surface area contributed by atoms with Crippen LogP contribution in [0.2, 0.25) is 0 Å². The molecule has 0 aromatic heterocycles. The highest BCUT2D eigenvalue weighted by Gasteiger charge is 2.53. The molecule has 1 saturated carbocycles. The molecule has 1 aliphatic carbocycles. The summed E-state index contributed by atoms with van der Waals surface area (Å²) < 4.78 is 5.12. The zero-order valence-corrected chi connectivity index (χ0v) is 15.5. The fourth-order valence-electron chi connectivity index (χ4n) is 3.94. The van der Waals surface area contributed by atoms with Crippen molar-refractivity contribution in [1.29, 1.82) is 0 Å². The topological polar surface area (TPSA) is 70.1 Å². The van der Waals surface area contributed by atoms with Gasteiger partial charge in [0.25, 0.3) is 0 Å². The number of carbonyl (C=O) groups is 2.